The first-order chi connectivity index (χ1) is 8.41. The van der Waals surface area contributed by atoms with Crippen LogP contribution in [0.5, 0.6) is 0 Å². The van der Waals surface area contributed by atoms with E-state index in [2.05, 4.69) is 37.9 Å². The molecule has 1 heterocycles. The van der Waals surface area contributed by atoms with Crippen LogP contribution < -0.4 is 0 Å². The van der Waals surface area contributed by atoms with Crippen LogP contribution in [-0.4, -0.2) is 16.1 Å². The smallest absolute Gasteiger partial charge is 0.306 e. The average molecular weight is 245 g/mol. The van der Waals surface area contributed by atoms with Gasteiger partial charge in [0.05, 0.1) is 5.92 Å². The molecule has 3 nitrogen and oxygen atoms in total. The van der Waals surface area contributed by atoms with Crippen molar-refractivity contribution in [2.45, 2.75) is 34.1 Å². The summed E-state index contributed by atoms with van der Waals surface area (Å²) in [7, 11) is 0. The Balaban J connectivity index is 2.54. The molecule has 1 aromatic heterocycles. The molecule has 0 spiro atoms. The lowest BCUT2D eigenvalue weighted by atomic mass is 10.0. The molecule has 1 unspecified atom stereocenters. The first kappa shape index (κ1) is 12.7. The SMILES string of the molecule is Cc1ccc(C)c2c(C)c(CC(C)C(=O)O)[nH]c12. The molecular formula is C15H19NO2. The van der Waals surface area contributed by atoms with Gasteiger partial charge < -0.3 is 10.1 Å². The Morgan fingerprint density at radius 1 is 1.28 bits per heavy atom. The summed E-state index contributed by atoms with van der Waals surface area (Å²) in [6, 6.07) is 4.21. The predicted molar refractivity (Wildman–Crippen MR) is 73.0 cm³/mol. The fourth-order valence-electron chi connectivity index (χ4n) is 2.45. The number of nitrogens with one attached hydrogen (secondary N) is 1. The maximum atomic E-state index is 11.0. The van der Waals surface area contributed by atoms with Gasteiger partial charge in [-0.05, 0) is 37.5 Å². The number of aliphatic carboxylic acids is 1. The van der Waals surface area contributed by atoms with E-state index in [1.807, 2.05) is 0 Å². The van der Waals surface area contributed by atoms with E-state index >= 15 is 0 Å². The van der Waals surface area contributed by atoms with Crippen molar-refractivity contribution >= 4 is 16.9 Å². The third-order valence-corrected chi connectivity index (χ3v) is 3.66. The second-order valence-electron chi connectivity index (χ2n) is 5.12. The van der Waals surface area contributed by atoms with Gasteiger partial charge in [0.2, 0.25) is 0 Å². The van der Waals surface area contributed by atoms with Gasteiger partial charge in [0.25, 0.3) is 0 Å². The van der Waals surface area contributed by atoms with Crippen molar-refractivity contribution in [3.63, 3.8) is 0 Å². The number of benzene rings is 1. The molecule has 0 aliphatic carbocycles. The third-order valence-electron chi connectivity index (χ3n) is 3.66. The van der Waals surface area contributed by atoms with Crippen molar-refractivity contribution in [1.29, 1.82) is 0 Å². The molecule has 0 fully saturated rings. The monoisotopic (exact) mass is 245 g/mol. The largest absolute Gasteiger partial charge is 0.481 e. The van der Waals surface area contributed by atoms with E-state index in [0.717, 1.165) is 11.2 Å². The fourth-order valence-corrected chi connectivity index (χ4v) is 2.45. The fraction of sp³-hybridized carbons (Fsp3) is 0.400. The van der Waals surface area contributed by atoms with E-state index in [0.29, 0.717) is 6.42 Å². The molecule has 2 aromatic rings. The maximum Gasteiger partial charge on any atom is 0.306 e. The Hall–Kier alpha value is -1.77. The highest BCUT2D eigenvalue weighted by Gasteiger charge is 2.17. The quantitative estimate of drug-likeness (QED) is 0.871. The highest BCUT2D eigenvalue weighted by molar-refractivity contribution is 5.90. The van der Waals surface area contributed by atoms with Crippen molar-refractivity contribution in [2.75, 3.05) is 0 Å². The van der Waals surface area contributed by atoms with Crippen LogP contribution >= 0.6 is 0 Å². The standard InChI is InChI=1S/C15H19NO2/c1-8-5-6-9(2)14-13(8)11(4)12(16-14)7-10(3)15(17)18/h5-6,10,16H,7H2,1-4H3,(H,17,18). The molecular weight excluding hydrogens is 226 g/mol. The number of aryl methyl sites for hydroxylation is 3. The van der Waals surface area contributed by atoms with Crippen LogP contribution in [0.3, 0.4) is 0 Å². The van der Waals surface area contributed by atoms with E-state index in [1.54, 1.807) is 6.92 Å². The van der Waals surface area contributed by atoms with Crippen LogP contribution in [0.2, 0.25) is 0 Å². The van der Waals surface area contributed by atoms with Crippen molar-refractivity contribution in [3.8, 4) is 0 Å². The van der Waals surface area contributed by atoms with Gasteiger partial charge in [-0.1, -0.05) is 19.1 Å². The van der Waals surface area contributed by atoms with Crippen LogP contribution in [-0.2, 0) is 11.2 Å². The molecule has 0 saturated heterocycles. The van der Waals surface area contributed by atoms with Crippen molar-refractivity contribution in [2.24, 2.45) is 5.92 Å². The summed E-state index contributed by atoms with van der Waals surface area (Å²) in [5, 5.41) is 10.2. The number of hydrogen-bond acceptors (Lipinski definition) is 1. The second-order valence-corrected chi connectivity index (χ2v) is 5.12. The van der Waals surface area contributed by atoms with Gasteiger partial charge >= 0.3 is 5.97 Å². The minimum absolute atomic E-state index is 0.364. The first-order valence-electron chi connectivity index (χ1n) is 6.22. The zero-order chi connectivity index (χ0) is 13.4. The second kappa shape index (κ2) is 4.48. The molecule has 18 heavy (non-hydrogen) atoms. The normalized spacial score (nSPS) is 12.9. The van der Waals surface area contributed by atoms with E-state index in [4.69, 9.17) is 5.11 Å². The molecule has 1 aromatic carbocycles. The zero-order valence-electron chi connectivity index (χ0n) is 11.3. The Morgan fingerprint density at radius 3 is 2.44 bits per heavy atom. The number of aromatic nitrogens is 1. The summed E-state index contributed by atoms with van der Waals surface area (Å²) >= 11 is 0. The van der Waals surface area contributed by atoms with Crippen LogP contribution in [0.4, 0.5) is 0 Å². The summed E-state index contributed by atoms with van der Waals surface area (Å²) in [4.78, 5) is 14.3. The third kappa shape index (κ3) is 2.01. The van der Waals surface area contributed by atoms with Gasteiger partial charge in [0, 0.05) is 23.0 Å². The minimum Gasteiger partial charge on any atom is -0.481 e. The average Bonchev–Trinajstić information content (AvgIpc) is 2.63. The molecule has 96 valence electrons. The van der Waals surface area contributed by atoms with Crippen molar-refractivity contribution in [3.05, 3.63) is 34.5 Å². The lowest BCUT2D eigenvalue weighted by Crippen LogP contribution is -2.12. The molecule has 0 bridgehead atoms. The summed E-state index contributed by atoms with van der Waals surface area (Å²) in [6.07, 6.45) is 0.550. The number of carboxylic acids is 1. The van der Waals surface area contributed by atoms with E-state index in [-0.39, 0.29) is 5.92 Å². The maximum absolute atomic E-state index is 11.0. The van der Waals surface area contributed by atoms with Gasteiger partial charge in [0.15, 0.2) is 0 Å². The number of H-pyrrole nitrogens is 1. The Labute approximate surface area is 107 Å². The molecule has 0 aliphatic rings. The number of fused-ring (bicyclic) bond motifs is 1. The van der Waals surface area contributed by atoms with E-state index in [9.17, 15) is 4.79 Å². The van der Waals surface area contributed by atoms with Crippen LogP contribution in [0.1, 0.15) is 29.3 Å². The van der Waals surface area contributed by atoms with Crippen LogP contribution in [0.25, 0.3) is 10.9 Å². The highest BCUT2D eigenvalue weighted by atomic mass is 16.4. The summed E-state index contributed by atoms with van der Waals surface area (Å²) in [5.41, 5.74) is 5.79. The number of rotatable bonds is 3. The number of carbonyl (C=O) groups is 1. The Bertz CT molecular complexity index is 610. The van der Waals surface area contributed by atoms with Crippen molar-refractivity contribution < 1.29 is 9.90 Å². The van der Waals surface area contributed by atoms with Gasteiger partial charge in [-0.3, -0.25) is 4.79 Å². The number of hydrogen-bond donors (Lipinski definition) is 2. The first-order valence-corrected chi connectivity index (χ1v) is 6.22. The summed E-state index contributed by atoms with van der Waals surface area (Å²) in [5.74, 6) is -1.11. The molecule has 3 heteroatoms. The topological polar surface area (TPSA) is 53.1 Å². The van der Waals surface area contributed by atoms with Crippen LogP contribution in [0, 0.1) is 26.7 Å². The van der Waals surface area contributed by atoms with Crippen molar-refractivity contribution in [1.82, 2.24) is 4.98 Å². The molecule has 2 rings (SSSR count). The minimum atomic E-state index is -0.749. The van der Waals surface area contributed by atoms with Gasteiger partial charge in [-0.2, -0.15) is 0 Å². The molecule has 0 aliphatic heterocycles. The van der Waals surface area contributed by atoms with E-state index < -0.39 is 5.97 Å². The van der Waals surface area contributed by atoms with Gasteiger partial charge in [-0.15, -0.1) is 0 Å². The van der Waals surface area contributed by atoms with Gasteiger partial charge in [-0.25, -0.2) is 0 Å². The molecule has 1 atom stereocenters. The Kier molecular flexibility index (Phi) is 3.16. The van der Waals surface area contributed by atoms with E-state index in [1.165, 1.54) is 22.1 Å². The molecule has 2 N–H and O–H groups in total. The molecule has 0 saturated carbocycles. The van der Waals surface area contributed by atoms with Crippen LogP contribution in [0.15, 0.2) is 12.1 Å². The molecule has 0 amide bonds. The van der Waals surface area contributed by atoms with Gasteiger partial charge in [0.1, 0.15) is 0 Å². The summed E-state index contributed by atoms with van der Waals surface area (Å²) < 4.78 is 0. The zero-order valence-corrected chi connectivity index (χ0v) is 11.3. The number of carboxylic acid groups (broad SMARTS) is 1. The number of aromatic amines is 1. The summed E-state index contributed by atoms with van der Waals surface area (Å²) in [6.45, 7) is 7.97. The Morgan fingerprint density at radius 2 is 1.89 bits per heavy atom. The highest BCUT2D eigenvalue weighted by Crippen LogP contribution is 2.28. The predicted octanol–water partition coefficient (Wildman–Crippen LogP) is 3.36. The molecule has 0 radical (unpaired) electrons. The lowest BCUT2D eigenvalue weighted by molar-refractivity contribution is -0.141. The lowest BCUT2D eigenvalue weighted by Gasteiger charge is -2.05.